The van der Waals surface area contributed by atoms with E-state index in [1.807, 2.05) is 0 Å². The lowest BCUT2D eigenvalue weighted by molar-refractivity contribution is -0.353. The SMILES string of the molecule is CCS(=O)(=O)c1ccc2c(=O)n(C(CC3CCCCC3)C(=O)Nc3ccc(C(N)=O)cn3)c[nH+]c2c1. The van der Waals surface area contributed by atoms with Crippen molar-refractivity contribution in [2.24, 2.45) is 11.7 Å². The quantitative estimate of drug-likeness (QED) is 0.472. The van der Waals surface area contributed by atoms with E-state index in [-0.39, 0.29) is 27.4 Å². The van der Waals surface area contributed by atoms with Gasteiger partial charge < -0.3 is 11.1 Å². The number of carbonyl (C=O) groups is 2. The summed E-state index contributed by atoms with van der Waals surface area (Å²) >= 11 is 0. The van der Waals surface area contributed by atoms with Gasteiger partial charge in [0, 0.05) is 18.7 Å². The summed E-state index contributed by atoms with van der Waals surface area (Å²) in [6.07, 6.45) is 8.50. The van der Waals surface area contributed by atoms with E-state index in [4.69, 9.17) is 5.73 Å². The second-order valence-electron chi connectivity index (χ2n) is 9.14. The molecule has 0 bridgehead atoms. The van der Waals surface area contributed by atoms with Crippen LogP contribution in [0, 0.1) is 5.92 Å². The van der Waals surface area contributed by atoms with Gasteiger partial charge in [0.25, 0.3) is 5.91 Å². The van der Waals surface area contributed by atoms with Crippen LogP contribution >= 0.6 is 0 Å². The van der Waals surface area contributed by atoms with Gasteiger partial charge in [-0.25, -0.2) is 23.2 Å². The molecule has 36 heavy (non-hydrogen) atoms. The fourth-order valence-corrected chi connectivity index (χ4v) is 5.57. The molecule has 1 aliphatic rings. The van der Waals surface area contributed by atoms with Gasteiger partial charge in [-0.15, -0.1) is 0 Å². The number of carbonyl (C=O) groups excluding carboxylic acids is 2. The molecule has 1 aromatic carbocycles. The number of benzene rings is 1. The van der Waals surface area contributed by atoms with E-state index in [2.05, 4.69) is 15.3 Å². The summed E-state index contributed by atoms with van der Waals surface area (Å²) in [7, 11) is -3.43. The van der Waals surface area contributed by atoms with Crippen molar-refractivity contribution in [1.29, 1.82) is 0 Å². The molecule has 10 nitrogen and oxygen atoms in total. The van der Waals surface area contributed by atoms with Gasteiger partial charge in [0.2, 0.25) is 12.2 Å². The Morgan fingerprint density at radius 2 is 1.94 bits per heavy atom. The van der Waals surface area contributed by atoms with Crippen LogP contribution in [0.2, 0.25) is 0 Å². The van der Waals surface area contributed by atoms with Gasteiger partial charge in [-0.3, -0.25) is 9.59 Å². The number of pyridine rings is 1. The predicted octanol–water partition coefficient (Wildman–Crippen LogP) is 2.25. The minimum absolute atomic E-state index is 0.0480. The second-order valence-corrected chi connectivity index (χ2v) is 11.4. The summed E-state index contributed by atoms with van der Waals surface area (Å²) < 4.78 is 25.9. The predicted molar refractivity (Wildman–Crippen MR) is 134 cm³/mol. The summed E-state index contributed by atoms with van der Waals surface area (Å²) in [6.45, 7) is 1.56. The van der Waals surface area contributed by atoms with E-state index in [0.717, 1.165) is 32.1 Å². The van der Waals surface area contributed by atoms with E-state index < -0.39 is 33.3 Å². The third kappa shape index (κ3) is 5.46. The number of H-pyrrole nitrogens is 1. The highest BCUT2D eigenvalue weighted by atomic mass is 32.2. The molecule has 4 rings (SSSR count). The molecule has 1 unspecified atom stereocenters. The van der Waals surface area contributed by atoms with Crippen LogP contribution in [0.15, 0.2) is 52.5 Å². The van der Waals surface area contributed by atoms with Crippen LogP contribution in [0.25, 0.3) is 10.9 Å². The van der Waals surface area contributed by atoms with Crippen molar-refractivity contribution in [3.63, 3.8) is 0 Å². The van der Waals surface area contributed by atoms with Crippen LogP contribution in [0.1, 0.15) is 61.8 Å². The number of primary amides is 1. The van der Waals surface area contributed by atoms with Gasteiger partial charge in [0.1, 0.15) is 16.7 Å². The topological polar surface area (TPSA) is 155 Å². The van der Waals surface area contributed by atoms with Crippen LogP contribution < -0.4 is 21.6 Å². The first-order valence-corrected chi connectivity index (χ1v) is 13.7. The molecule has 0 saturated heterocycles. The number of hydrogen-bond acceptors (Lipinski definition) is 6. The van der Waals surface area contributed by atoms with Crippen LogP contribution in [-0.2, 0) is 14.6 Å². The summed E-state index contributed by atoms with van der Waals surface area (Å²) in [5.41, 5.74) is 5.46. The molecule has 2 amide bonds. The number of aromatic nitrogens is 3. The largest absolute Gasteiger partial charge is 0.366 e. The Labute approximate surface area is 208 Å². The molecule has 1 fully saturated rings. The molecule has 11 heteroatoms. The molecular formula is C25H30N5O5S+. The molecule has 1 atom stereocenters. The number of hydrogen-bond donors (Lipinski definition) is 2. The second kappa shape index (κ2) is 10.6. The van der Waals surface area contributed by atoms with Gasteiger partial charge in [0.15, 0.2) is 15.9 Å². The molecule has 0 radical (unpaired) electrons. The standard InChI is InChI=1S/C25H29N5O5S/c1-2-36(34,35)18-9-10-19-20(13-18)28-15-30(25(19)33)21(12-16-6-4-3-5-7-16)24(32)29-22-11-8-17(14-27-22)23(26)31/h8-11,13-16,21H,2-7,12H2,1H3,(H2,26,31)(H,27,29,32)/p+1. The third-order valence-corrected chi connectivity index (χ3v) is 8.51. The minimum Gasteiger partial charge on any atom is -0.366 e. The number of anilines is 1. The van der Waals surface area contributed by atoms with E-state index in [0.29, 0.717) is 17.9 Å². The lowest BCUT2D eigenvalue weighted by Crippen LogP contribution is -2.37. The van der Waals surface area contributed by atoms with Gasteiger partial charge in [0.05, 0.1) is 16.2 Å². The van der Waals surface area contributed by atoms with Crippen LogP contribution in [0.5, 0.6) is 0 Å². The van der Waals surface area contributed by atoms with Crippen LogP contribution in [-0.4, -0.2) is 35.5 Å². The monoisotopic (exact) mass is 512 g/mol. The average molecular weight is 513 g/mol. The van der Waals surface area contributed by atoms with Gasteiger partial charge in [-0.2, -0.15) is 4.57 Å². The number of aromatic amines is 1. The molecule has 3 aromatic rings. The zero-order valence-corrected chi connectivity index (χ0v) is 20.9. The Kier molecular flexibility index (Phi) is 7.48. The van der Waals surface area contributed by atoms with Crippen LogP contribution in [0.4, 0.5) is 5.82 Å². The maximum Gasteiger partial charge on any atom is 0.345 e. The maximum atomic E-state index is 13.5. The highest BCUT2D eigenvalue weighted by molar-refractivity contribution is 7.91. The maximum absolute atomic E-state index is 13.5. The van der Waals surface area contributed by atoms with Crippen molar-refractivity contribution < 1.29 is 23.0 Å². The van der Waals surface area contributed by atoms with E-state index in [9.17, 15) is 22.8 Å². The van der Waals surface area contributed by atoms with Crippen molar-refractivity contribution in [3.05, 3.63) is 58.8 Å². The lowest BCUT2D eigenvalue weighted by Gasteiger charge is -2.24. The van der Waals surface area contributed by atoms with E-state index >= 15 is 0 Å². The van der Waals surface area contributed by atoms with Gasteiger partial charge in [-0.05, 0) is 30.2 Å². The lowest BCUT2D eigenvalue weighted by atomic mass is 9.84. The number of amides is 2. The van der Waals surface area contributed by atoms with Gasteiger partial charge in [-0.1, -0.05) is 39.0 Å². The fourth-order valence-electron chi connectivity index (χ4n) is 4.67. The Morgan fingerprint density at radius 1 is 1.19 bits per heavy atom. The molecule has 2 aromatic heterocycles. The fraction of sp³-hybridized carbons (Fsp3) is 0.400. The van der Waals surface area contributed by atoms with Crippen molar-refractivity contribution in [2.75, 3.05) is 11.1 Å². The first-order valence-electron chi connectivity index (χ1n) is 12.1. The molecule has 190 valence electrons. The third-order valence-electron chi connectivity index (χ3n) is 6.77. The average Bonchev–Trinajstić information content (AvgIpc) is 2.88. The number of nitrogens with two attached hydrogens (primary N) is 1. The first kappa shape index (κ1) is 25.5. The van der Waals surface area contributed by atoms with Gasteiger partial charge >= 0.3 is 5.56 Å². The zero-order valence-electron chi connectivity index (χ0n) is 20.1. The molecule has 0 aliphatic heterocycles. The minimum atomic E-state index is -3.43. The Morgan fingerprint density at radius 3 is 2.58 bits per heavy atom. The van der Waals surface area contributed by atoms with E-state index in [1.165, 1.54) is 47.4 Å². The summed E-state index contributed by atoms with van der Waals surface area (Å²) in [5.74, 6) is -0.540. The number of nitrogens with zero attached hydrogens (tertiary/aromatic N) is 2. The molecular weight excluding hydrogens is 482 g/mol. The number of nitrogens with one attached hydrogen (secondary N) is 2. The highest BCUT2D eigenvalue weighted by Gasteiger charge is 2.32. The van der Waals surface area contributed by atoms with Crippen molar-refractivity contribution in [2.45, 2.75) is 56.4 Å². The number of sulfone groups is 1. The molecule has 1 aliphatic carbocycles. The van der Waals surface area contributed by atoms with Crippen molar-refractivity contribution in [3.8, 4) is 0 Å². The van der Waals surface area contributed by atoms with Crippen molar-refractivity contribution in [1.82, 2.24) is 9.55 Å². The smallest absolute Gasteiger partial charge is 0.345 e. The highest BCUT2D eigenvalue weighted by Crippen LogP contribution is 2.31. The zero-order chi connectivity index (χ0) is 25.9. The normalized spacial score (nSPS) is 15.5. The number of rotatable bonds is 8. The summed E-state index contributed by atoms with van der Waals surface area (Å²) in [4.78, 5) is 45.4. The van der Waals surface area contributed by atoms with Crippen molar-refractivity contribution >= 4 is 38.4 Å². The summed E-state index contributed by atoms with van der Waals surface area (Å²) in [5, 5.41) is 3.04. The molecule has 0 spiro atoms. The van der Waals surface area contributed by atoms with Crippen LogP contribution in [0.3, 0.4) is 0 Å². The summed E-state index contributed by atoms with van der Waals surface area (Å²) in [6, 6.07) is 6.49. The molecule has 1 saturated carbocycles. The Hall–Kier alpha value is -3.60. The first-order chi connectivity index (χ1) is 17.2. The Bertz CT molecular complexity index is 1440. The molecule has 4 N–H and O–H groups in total. The Balaban J connectivity index is 1.69. The number of fused-ring (bicyclic) bond motifs is 1. The molecule has 2 heterocycles. The van der Waals surface area contributed by atoms with E-state index in [1.54, 1.807) is 6.92 Å².